The molecule has 1 aromatic heterocycles. The molecule has 0 amide bonds. The Balaban J connectivity index is 2.08. The van der Waals surface area contributed by atoms with Gasteiger partial charge in [-0.2, -0.15) is 0 Å². The van der Waals surface area contributed by atoms with E-state index in [-0.39, 0.29) is 6.04 Å². The van der Waals surface area contributed by atoms with Crippen LogP contribution < -0.4 is 9.47 Å². The van der Waals surface area contributed by atoms with E-state index in [9.17, 15) is 10.2 Å². The minimum Gasteiger partial charge on any atom is -0.496 e. The molecule has 0 spiro atoms. The van der Waals surface area contributed by atoms with E-state index in [4.69, 9.17) is 9.47 Å². The first-order valence-electron chi connectivity index (χ1n) is 7.69. The Kier molecular flexibility index (Phi) is 4.28. The first-order valence-corrected chi connectivity index (χ1v) is 7.69. The monoisotopic (exact) mass is 318 g/mol. The number of aliphatic hydroxyl groups is 2. The highest BCUT2D eigenvalue weighted by molar-refractivity contribution is 5.69. The topological polar surface area (TPSA) is 76.7 Å². The van der Waals surface area contributed by atoms with Crippen molar-refractivity contribution in [1.82, 2.24) is 9.55 Å². The second-order valence-electron chi connectivity index (χ2n) is 5.83. The van der Waals surface area contributed by atoms with E-state index in [1.807, 2.05) is 29.8 Å². The molecule has 0 unspecified atom stereocenters. The Morgan fingerprint density at radius 3 is 2.57 bits per heavy atom. The molecule has 2 N–H and O–H groups in total. The van der Waals surface area contributed by atoms with Gasteiger partial charge in [-0.15, -0.1) is 0 Å². The molecule has 0 aliphatic heterocycles. The third kappa shape index (κ3) is 2.58. The zero-order chi connectivity index (χ0) is 16.6. The molecule has 1 aromatic carbocycles. The quantitative estimate of drug-likeness (QED) is 0.901. The Hall–Kier alpha value is -2.05. The van der Waals surface area contributed by atoms with E-state index in [0.717, 1.165) is 16.9 Å². The van der Waals surface area contributed by atoms with Crippen LogP contribution in [0.15, 0.2) is 24.5 Å². The van der Waals surface area contributed by atoms with Gasteiger partial charge in [-0.1, -0.05) is 0 Å². The number of hydrogen-bond acceptors (Lipinski definition) is 5. The van der Waals surface area contributed by atoms with Crippen LogP contribution in [0, 0.1) is 6.92 Å². The second kappa shape index (κ2) is 6.22. The highest BCUT2D eigenvalue weighted by atomic mass is 16.5. The third-order valence-electron chi connectivity index (χ3n) is 4.59. The number of nitrogens with zero attached hydrogens (tertiary/aromatic N) is 2. The van der Waals surface area contributed by atoms with Gasteiger partial charge >= 0.3 is 0 Å². The van der Waals surface area contributed by atoms with Crippen LogP contribution in [0.4, 0.5) is 0 Å². The Morgan fingerprint density at radius 1 is 1.17 bits per heavy atom. The minimum absolute atomic E-state index is 0.186. The van der Waals surface area contributed by atoms with Crippen LogP contribution in [-0.4, -0.2) is 46.2 Å². The molecule has 0 bridgehead atoms. The summed E-state index contributed by atoms with van der Waals surface area (Å²) in [5, 5.41) is 20.0. The van der Waals surface area contributed by atoms with Crippen LogP contribution in [0.2, 0.25) is 0 Å². The Bertz CT molecular complexity index is 698. The molecule has 6 heteroatoms. The van der Waals surface area contributed by atoms with Crippen molar-refractivity contribution >= 4 is 0 Å². The first-order chi connectivity index (χ1) is 11.1. The minimum atomic E-state index is -0.784. The van der Waals surface area contributed by atoms with Crippen molar-refractivity contribution in [3.05, 3.63) is 30.1 Å². The van der Waals surface area contributed by atoms with Crippen molar-refractivity contribution in [3.8, 4) is 22.9 Å². The Labute approximate surface area is 135 Å². The summed E-state index contributed by atoms with van der Waals surface area (Å²) >= 11 is 0. The van der Waals surface area contributed by atoms with Gasteiger partial charge in [-0.3, -0.25) is 0 Å². The maximum Gasteiger partial charge on any atom is 0.144 e. The number of benzene rings is 1. The normalized spacial score (nSPS) is 24.0. The molecule has 0 saturated heterocycles. The van der Waals surface area contributed by atoms with Gasteiger partial charge in [0.1, 0.15) is 23.4 Å². The van der Waals surface area contributed by atoms with Gasteiger partial charge in [-0.05, 0) is 31.9 Å². The number of imidazole rings is 1. The summed E-state index contributed by atoms with van der Waals surface area (Å²) in [4.78, 5) is 4.45. The highest BCUT2D eigenvalue weighted by Crippen LogP contribution is 2.40. The van der Waals surface area contributed by atoms with Gasteiger partial charge in [0, 0.05) is 18.0 Å². The van der Waals surface area contributed by atoms with Crippen molar-refractivity contribution in [2.75, 3.05) is 14.2 Å². The van der Waals surface area contributed by atoms with Crippen molar-refractivity contribution < 1.29 is 19.7 Å². The lowest BCUT2D eigenvalue weighted by Gasteiger charge is -2.21. The Morgan fingerprint density at radius 2 is 1.96 bits per heavy atom. The number of methoxy groups -OCH3 is 2. The molecule has 23 heavy (non-hydrogen) atoms. The lowest BCUT2D eigenvalue weighted by Crippen LogP contribution is -2.27. The van der Waals surface area contributed by atoms with E-state index in [2.05, 4.69) is 4.98 Å². The molecule has 1 aliphatic rings. The smallest absolute Gasteiger partial charge is 0.144 e. The maximum atomic E-state index is 10.2. The average molecular weight is 318 g/mol. The van der Waals surface area contributed by atoms with E-state index in [1.54, 1.807) is 20.4 Å². The zero-order valence-corrected chi connectivity index (χ0v) is 13.6. The van der Waals surface area contributed by atoms with Crippen LogP contribution in [0.5, 0.6) is 11.5 Å². The second-order valence-corrected chi connectivity index (χ2v) is 5.83. The molecule has 1 fully saturated rings. The average Bonchev–Trinajstić information content (AvgIpc) is 3.14. The number of aliphatic hydroxyl groups excluding tert-OH is 2. The summed E-state index contributed by atoms with van der Waals surface area (Å²) in [5.41, 5.74) is 1.73. The first kappa shape index (κ1) is 15.8. The van der Waals surface area contributed by atoms with Crippen molar-refractivity contribution in [3.63, 3.8) is 0 Å². The number of rotatable bonds is 4. The van der Waals surface area contributed by atoms with E-state index >= 15 is 0 Å². The molecule has 0 radical (unpaired) electrons. The van der Waals surface area contributed by atoms with E-state index < -0.39 is 12.2 Å². The number of hydrogen-bond donors (Lipinski definition) is 2. The van der Waals surface area contributed by atoms with Gasteiger partial charge in [0.15, 0.2) is 0 Å². The fraction of sp³-hybridized carbons (Fsp3) is 0.471. The predicted octanol–water partition coefficient (Wildman–Crippen LogP) is 1.93. The van der Waals surface area contributed by atoms with Gasteiger partial charge < -0.3 is 24.3 Å². The lowest BCUT2D eigenvalue weighted by atomic mass is 10.1. The predicted molar refractivity (Wildman–Crippen MR) is 85.8 cm³/mol. The van der Waals surface area contributed by atoms with Crippen molar-refractivity contribution in [1.29, 1.82) is 0 Å². The maximum absolute atomic E-state index is 10.2. The molecule has 2 aromatic rings. The van der Waals surface area contributed by atoms with Crippen LogP contribution in [0.3, 0.4) is 0 Å². The van der Waals surface area contributed by atoms with Crippen molar-refractivity contribution in [2.24, 2.45) is 0 Å². The van der Waals surface area contributed by atoms with E-state index in [1.165, 1.54) is 0 Å². The van der Waals surface area contributed by atoms with Crippen LogP contribution in [-0.2, 0) is 0 Å². The van der Waals surface area contributed by atoms with Crippen LogP contribution >= 0.6 is 0 Å². The molecule has 6 nitrogen and oxygen atoms in total. The fourth-order valence-corrected chi connectivity index (χ4v) is 3.37. The molecule has 3 atom stereocenters. The highest BCUT2D eigenvalue weighted by Gasteiger charge is 2.36. The summed E-state index contributed by atoms with van der Waals surface area (Å²) < 4.78 is 12.8. The molecule has 124 valence electrons. The third-order valence-corrected chi connectivity index (χ3v) is 4.59. The molecular formula is C17H22N2O4. The van der Waals surface area contributed by atoms with Crippen molar-refractivity contribution in [2.45, 2.75) is 38.0 Å². The standard InChI is InChI=1S/C17H22N2O4/c1-10-14(22-2)7-4-11(16(10)23-3)17-18-8-9-19(17)12-5-6-13(20)15(12)21/h4,7-9,12-13,15,20-21H,5-6H2,1-3H3/t12-,13-,15+/m1/s1. The summed E-state index contributed by atoms with van der Waals surface area (Å²) in [6.45, 7) is 1.93. The van der Waals surface area contributed by atoms with Gasteiger partial charge in [0.25, 0.3) is 0 Å². The number of aromatic nitrogens is 2. The van der Waals surface area contributed by atoms with Gasteiger partial charge in [0.2, 0.25) is 0 Å². The summed E-state index contributed by atoms with van der Waals surface area (Å²) in [6, 6.07) is 3.60. The molecular weight excluding hydrogens is 296 g/mol. The lowest BCUT2D eigenvalue weighted by molar-refractivity contribution is 0.0238. The largest absolute Gasteiger partial charge is 0.496 e. The van der Waals surface area contributed by atoms with Crippen LogP contribution in [0.1, 0.15) is 24.4 Å². The molecule has 1 aliphatic carbocycles. The number of ether oxygens (including phenoxy) is 2. The summed E-state index contributed by atoms with van der Waals surface area (Å²) in [5.74, 6) is 2.16. The fourth-order valence-electron chi connectivity index (χ4n) is 3.37. The molecule has 3 rings (SSSR count). The summed E-state index contributed by atoms with van der Waals surface area (Å²) in [7, 11) is 3.24. The van der Waals surface area contributed by atoms with Gasteiger partial charge in [-0.25, -0.2) is 4.98 Å². The van der Waals surface area contributed by atoms with Gasteiger partial charge in [0.05, 0.1) is 31.9 Å². The van der Waals surface area contributed by atoms with Crippen LogP contribution in [0.25, 0.3) is 11.4 Å². The SMILES string of the molecule is COc1ccc(-c2nccn2[C@@H]2CC[C@@H](O)[C@H]2O)c(OC)c1C. The summed E-state index contributed by atoms with van der Waals surface area (Å²) in [6.07, 6.45) is 3.36. The molecule has 1 heterocycles. The van der Waals surface area contributed by atoms with E-state index in [0.29, 0.717) is 24.4 Å². The molecule has 1 saturated carbocycles. The zero-order valence-electron chi connectivity index (χ0n) is 13.6.